The molecule has 2 aromatic carbocycles. The fourth-order valence-electron chi connectivity index (χ4n) is 5.07. The van der Waals surface area contributed by atoms with Crippen molar-refractivity contribution in [1.29, 1.82) is 0 Å². The van der Waals surface area contributed by atoms with Crippen molar-refractivity contribution >= 4 is 11.8 Å². The molecule has 0 aliphatic carbocycles. The van der Waals surface area contributed by atoms with Crippen LogP contribution in [0.3, 0.4) is 0 Å². The summed E-state index contributed by atoms with van der Waals surface area (Å²) >= 11 is 0. The van der Waals surface area contributed by atoms with E-state index < -0.39 is 0 Å². The number of rotatable bonds is 15. The molecule has 2 aromatic rings. The molecule has 0 aromatic heterocycles. The second kappa shape index (κ2) is 14.8. The van der Waals surface area contributed by atoms with Crippen molar-refractivity contribution in [3.05, 3.63) is 46.5 Å². The molecule has 214 valence electrons. The predicted molar refractivity (Wildman–Crippen MR) is 152 cm³/mol. The van der Waals surface area contributed by atoms with Crippen molar-refractivity contribution in [2.75, 3.05) is 26.9 Å². The molecule has 0 fully saturated rings. The van der Waals surface area contributed by atoms with Gasteiger partial charge in [0, 0.05) is 17.5 Å². The van der Waals surface area contributed by atoms with E-state index in [1.807, 2.05) is 26.0 Å². The molecule has 7 heteroatoms. The predicted octanol–water partition coefficient (Wildman–Crippen LogP) is 6.54. The summed E-state index contributed by atoms with van der Waals surface area (Å²) in [7, 11) is 1.59. The minimum Gasteiger partial charge on any atom is -0.496 e. The minimum atomic E-state index is -0.324. The second-order valence-electron chi connectivity index (χ2n) is 10.00. The van der Waals surface area contributed by atoms with E-state index in [9.17, 15) is 9.59 Å². The van der Waals surface area contributed by atoms with Gasteiger partial charge in [-0.25, -0.2) is 0 Å². The molecule has 0 spiro atoms. The molecule has 3 rings (SSSR count). The van der Waals surface area contributed by atoms with Gasteiger partial charge in [0.1, 0.15) is 29.1 Å². The van der Waals surface area contributed by atoms with E-state index >= 15 is 0 Å². The molecule has 1 heterocycles. The molecule has 0 saturated carbocycles. The van der Waals surface area contributed by atoms with Crippen LogP contribution in [0.5, 0.6) is 23.0 Å². The van der Waals surface area contributed by atoms with Crippen LogP contribution < -0.4 is 18.9 Å². The number of aryl methyl sites for hydroxylation is 1. The van der Waals surface area contributed by atoms with Gasteiger partial charge in [-0.15, -0.1) is 0 Å². The van der Waals surface area contributed by atoms with Gasteiger partial charge in [0.15, 0.2) is 5.78 Å². The summed E-state index contributed by atoms with van der Waals surface area (Å²) in [6, 6.07) is 7.74. The Balaban J connectivity index is 1.66. The number of hydrogen-bond acceptors (Lipinski definition) is 7. The summed E-state index contributed by atoms with van der Waals surface area (Å²) in [6.45, 7) is 10.8. The van der Waals surface area contributed by atoms with Crippen LogP contribution in [0.1, 0.15) is 87.4 Å². The molecule has 1 aliphatic heterocycles. The number of carbonyl (C=O) groups excluding carboxylic acids is 2. The molecule has 0 N–H and O–H groups in total. The highest BCUT2D eigenvalue weighted by atomic mass is 16.5. The van der Waals surface area contributed by atoms with Gasteiger partial charge >= 0.3 is 5.97 Å². The Morgan fingerprint density at radius 2 is 1.62 bits per heavy atom. The molecule has 7 nitrogen and oxygen atoms in total. The fraction of sp³-hybridized carbons (Fsp3) is 0.562. The van der Waals surface area contributed by atoms with Gasteiger partial charge in [-0.05, 0) is 70.2 Å². The van der Waals surface area contributed by atoms with E-state index in [1.165, 1.54) is 0 Å². The van der Waals surface area contributed by atoms with Crippen molar-refractivity contribution in [3.8, 4) is 23.0 Å². The van der Waals surface area contributed by atoms with Crippen molar-refractivity contribution in [1.82, 2.24) is 0 Å². The number of esters is 1. The maximum atomic E-state index is 12.3. The monoisotopic (exact) mass is 540 g/mol. The minimum absolute atomic E-state index is 0.0252. The average Bonchev–Trinajstić information content (AvgIpc) is 2.93. The number of fused-ring (bicyclic) bond motifs is 1. The molecule has 0 saturated heterocycles. The van der Waals surface area contributed by atoms with E-state index in [0.29, 0.717) is 37.6 Å². The van der Waals surface area contributed by atoms with Crippen molar-refractivity contribution in [3.63, 3.8) is 0 Å². The smallest absolute Gasteiger partial charge is 0.312 e. The third kappa shape index (κ3) is 7.46. The summed E-state index contributed by atoms with van der Waals surface area (Å²) in [4.78, 5) is 24.3. The average molecular weight is 541 g/mol. The highest BCUT2D eigenvalue weighted by Gasteiger charge is 2.32. The van der Waals surface area contributed by atoms with Gasteiger partial charge < -0.3 is 23.7 Å². The number of ether oxygens (including phenoxy) is 5. The molecule has 0 radical (unpaired) electrons. The van der Waals surface area contributed by atoms with Crippen LogP contribution in [0.4, 0.5) is 0 Å². The van der Waals surface area contributed by atoms with Gasteiger partial charge in [0.2, 0.25) is 0 Å². The highest BCUT2D eigenvalue weighted by molar-refractivity contribution is 5.97. The standard InChI is InChI=1S/C32H44O7/c1-7-11-25-28(17-14-23-13-16-27(39-30(23)25)21(4)32(34)36-9-3)37-19-10-20-38-29-18-15-24(22(5)33)31(35-6)26(29)12-8-2/h14-15,17-18,21,27H,7-13,16,19-20H2,1-6H3. The Labute approximate surface area is 233 Å². The Morgan fingerprint density at radius 1 is 0.974 bits per heavy atom. The first-order valence-electron chi connectivity index (χ1n) is 14.3. The Bertz CT molecular complexity index is 1120. The SMILES string of the molecule is CCCc1c(OCCCOc2ccc(C(C)=O)c(OC)c2CCC)ccc2c1OC(C(C)C(=O)OCC)CC2. The van der Waals surface area contributed by atoms with Crippen LogP contribution in [0.2, 0.25) is 0 Å². The second-order valence-corrected chi connectivity index (χ2v) is 10.00. The van der Waals surface area contributed by atoms with Crippen LogP contribution in [0, 0.1) is 5.92 Å². The molecule has 0 amide bonds. The number of ketones is 1. The lowest BCUT2D eigenvalue weighted by molar-refractivity contribution is -0.150. The van der Waals surface area contributed by atoms with Gasteiger partial charge in [-0.2, -0.15) is 0 Å². The first-order chi connectivity index (χ1) is 18.9. The quantitative estimate of drug-likeness (QED) is 0.144. The maximum absolute atomic E-state index is 12.3. The molecule has 2 unspecified atom stereocenters. The van der Waals surface area contributed by atoms with Crippen LogP contribution >= 0.6 is 0 Å². The number of benzene rings is 2. The largest absolute Gasteiger partial charge is 0.496 e. The summed E-state index contributed by atoms with van der Waals surface area (Å²) in [5.41, 5.74) is 3.73. The summed E-state index contributed by atoms with van der Waals surface area (Å²) < 4.78 is 29.6. The van der Waals surface area contributed by atoms with Gasteiger partial charge in [-0.3, -0.25) is 9.59 Å². The highest BCUT2D eigenvalue weighted by Crippen LogP contribution is 2.39. The topological polar surface area (TPSA) is 80.3 Å². The van der Waals surface area contributed by atoms with E-state index in [4.69, 9.17) is 23.7 Å². The fourth-order valence-corrected chi connectivity index (χ4v) is 5.07. The van der Waals surface area contributed by atoms with Crippen molar-refractivity contribution in [2.24, 2.45) is 5.92 Å². The van der Waals surface area contributed by atoms with Crippen LogP contribution in [0.15, 0.2) is 24.3 Å². The number of carbonyl (C=O) groups is 2. The normalized spacial score (nSPS) is 15.1. The molecule has 2 atom stereocenters. The zero-order chi connectivity index (χ0) is 28.4. The third-order valence-corrected chi connectivity index (χ3v) is 7.09. The zero-order valence-electron chi connectivity index (χ0n) is 24.4. The van der Waals surface area contributed by atoms with Crippen molar-refractivity contribution < 1.29 is 33.3 Å². The van der Waals surface area contributed by atoms with E-state index in [1.54, 1.807) is 20.1 Å². The van der Waals surface area contributed by atoms with Crippen LogP contribution in [0.25, 0.3) is 0 Å². The lowest BCUT2D eigenvalue weighted by Crippen LogP contribution is -2.35. The lowest BCUT2D eigenvalue weighted by atomic mass is 9.92. The van der Waals surface area contributed by atoms with Gasteiger partial charge in [0.05, 0.1) is 38.4 Å². The number of methoxy groups -OCH3 is 1. The van der Waals surface area contributed by atoms with Crippen molar-refractivity contribution in [2.45, 2.75) is 85.7 Å². The molecular formula is C32H44O7. The van der Waals surface area contributed by atoms with Crippen LogP contribution in [-0.2, 0) is 28.8 Å². The first-order valence-corrected chi connectivity index (χ1v) is 14.3. The first kappa shape index (κ1) is 30.3. The van der Waals surface area contributed by atoms with E-state index in [2.05, 4.69) is 19.9 Å². The Hall–Kier alpha value is -3.22. The van der Waals surface area contributed by atoms with Gasteiger partial charge in [0.25, 0.3) is 0 Å². The third-order valence-electron chi connectivity index (χ3n) is 7.09. The maximum Gasteiger partial charge on any atom is 0.312 e. The zero-order valence-corrected chi connectivity index (χ0v) is 24.4. The van der Waals surface area contributed by atoms with Gasteiger partial charge in [-0.1, -0.05) is 32.8 Å². The number of hydrogen-bond donors (Lipinski definition) is 0. The molecular weight excluding hydrogens is 496 g/mol. The van der Waals surface area contributed by atoms with Crippen LogP contribution in [-0.4, -0.2) is 44.8 Å². The summed E-state index contributed by atoms with van der Waals surface area (Å²) in [6.07, 6.45) is 5.59. The molecule has 0 bridgehead atoms. The number of Topliss-reactive ketones (excluding diaryl/α,β-unsaturated/α-hetero) is 1. The molecule has 39 heavy (non-hydrogen) atoms. The van der Waals surface area contributed by atoms with E-state index in [-0.39, 0.29) is 23.8 Å². The van der Waals surface area contributed by atoms with E-state index in [0.717, 1.165) is 72.5 Å². The Kier molecular flexibility index (Phi) is 11.5. The summed E-state index contributed by atoms with van der Waals surface area (Å²) in [5.74, 6) is 2.46. The Morgan fingerprint density at radius 3 is 2.23 bits per heavy atom. The lowest BCUT2D eigenvalue weighted by Gasteiger charge is -2.31. The molecule has 1 aliphatic rings. The summed E-state index contributed by atoms with van der Waals surface area (Å²) in [5, 5.41) is 0.